The average molecular weight is 244 g/mol. The van der Waals surface area contributed by atoms with Crippen molar-refractivity contribution in [3.8, 4) is 0 Å². The van der Waals surface area contributed by atoms with Crippen LogP contribution < -0.4 is 11.3 Å². The Morgan fingerprint density at radius 2 is 2.06 bits per heavy atom. The van der Waals surface area contributed by atoms with Crippen LogP contribution in [0.25, 0.3) is 0 Å². The van der Waals surface area contributed by atoms with Crippen molar-refractivity contribution < 1.29 is 13.5 Å². The van der Waals surface area contributed by atoms with Crippen LogP contribution in [0.15, 0.2) is 18.2 Å². The zero-order chi connectivity index (χ0) is 12.8. The molecule has 17 heavy (non-hydrogen) atoms. The fourth-order valence-corrected chi connectivity index (χ4v) is 1.81. The Morgan fingerprint density at radius 3 is 2.59 bits per heavy atom. The number of hydrazine groups is 1. The van der Waals surface area contributed by atoms with Crippen molar-refractivity contribution >= 4 is 0 Å². The molecule has 0 saturated carbocycles. The fraction of sp³-hybridized carbons (Fsp3) is 0.500. The first-order valence-electron chi connectivity index (χ1n) is 5.66. The number of benzene rings is 1. The minimum absolute atomic E-state index is 0.188. The minimum Gasteiger partial charge on any atom is -0.376 e. The Kier molecular flexibility index (Phi) is 5.47. The smallest absolute Gasteiger partial charge is 0.128 e. The largest absolute Gasteiger partial charge is 0.376 e. The first-order chi connectivity index (χ1) is 8.13. The molecule has 0 aliphatic carbocycles. The highest BCUT2D eigenvalue weighted by molar-refractivity contribution is 5.23. The van der Waals surface area contributed by atoms with Gasteiger partial charge in [0.1, 0.15) is 11.6 Å². The van der Waals surface area contributed by atoms with Gasteiger partial charge < -0.3 is 4.74 Å². The van der Waals surface area contributed by atoms with Gasteiger partial charge in [0.15, 0.2) is 0 Å². The molecule has 0 aliphatic rings. The monoisotopic (exact) mass is 244 g/mol. The lowest BCUT2D eigenvalue weighted by Gasteiger charge is -2.26. The van der Waals surface area contributed by atoms with Crippen LogP contribution in [0.1, 0.15) is 31.9 Å². The zero-order valence-corrected chi connectivity index (χ0v) is 10.0. The average Bonchev–Trinajstić information content (AvgIpc) is 2.33. The summed E-state index contributed by atoms with van der Waals surface area (Å²) in [5.74, 6) is 4.43. The topological polar surface area (TPSA) is 47.3 Å². The summed E-state index contributed by atoms with van der Waals surface area (Å²) in [6, 6.07) is 2.75. The molecule has 0 amide bonds. The maximum atomic E-state index is 13.6. The van der Waals surface area contributed by atoms with E-state index in [9.17, 15) is 8.78 Å². The van der Waals surface area contributed by atoms with Crippen LogP contribution in [-0.2, 0) is 4.74 Å². The van der Waals surface area contributed by atoms with Gasteiger partial charge in [-0.15, -0.1) is 0 Å². The first kappa shape index (κ1) is 14.0. The van der Waals surface area contributed by atoms with Gasteiger partial charge in [0.2, 0.25) is 0 Å². The van der Waals surface area contributed by atoms with Crippen molar-refractivity contribution in [2.75, 3.05) is 6.61 Å². The SMILES string of the molecule is CCOC(CC)C(NN)c1cc(F)ccc1F. The highest BCUT2D eigenvalue weighted by Gasteiger charge is 2.24. The number of rotatable bonds is 6. The van der Waals surface area contributed by atoms with Crippen molar-refractivity contribution in [2.24, 2.45) is 5.84 Å². The molecule has 2 atom stereocenters. The van der Waals surface area contributed by atoms with Crippen LogP contribution in [0.5, 0.6) is 0 Å². The molecule has 1 aromatic carbocycles. The molecule has 2 unspecified atom stereocenters. The van der Waals surface area contributed by atoms with E-state index in [-0.39, 0.29) is 11.7 Å². The van der Waals surface area contributed by atoms with Crippen molar-refractivity contribution in [3.63, 3.8) is 0 Å². The summed E-state index contributed by atoms with van der Waals surface area (Å²) >= 11 is 0. The maximum Gasteiger partial charge on any atom is 0.128 e. The van der Waals surface area contributed by atoms with Crippen LogP contribution in [-0.4, -0.2) is 12.7 Å². The van der Waals surface area contributed by atoms with Gasteiger partial charge in [-0.25, -0.2) is 8.78 Å². The molecule has 0 aliphatic heterocycles. The zero-order valence-electron chi connectivity index (χ0n) is 10.0. The van der Waals surface area contributed by atoms with E-state index < -0.39 is 17.7 Å². The summed E-state index contributed by atoms with van der Waals surface area (Å²) in [6.07, 6.45) is 0.361. The normalized spacial score (nSPS) is 14.6. The molecular weight excluding hydrogens is 226 g/mol. The van der Waals surface area contributed by atoms with E-state index in [1.807, 2.05) is 13.8 Å². The molecule has 0 heterocycles. The van der Waals surface area contributed by atoms with Gasteiger partial charge in [-0.2, -0.15) is 0 Å². The Morgan fingerprint density at radius 1 is 1.35 bits per heavy atom. The molecule has 96 valence electrons. The number of ether oxygens (including phenoxy) is 1. The van der Waals surface area contributed by atoms with Crippen molar-refractivity contribution in [3.05, 3.63) is 35.4 Å². The summed E-state index contributed by atoms with van der Waals surface area (Å²) < 4.78 is 32.2. The van der Waals surface area contributed by atoms with Crippen LogP contribution >= 0.6 is 0 Å². The molecule has 1 aromatic rings. The molecule has 0 radical (unpaired) electrons. The van der Waals surface area contributed by atoms with Gasteiger partial charge in [0.05, 0.1) is 12.1 Å². The van der Waals surface area contributed by atoms with E-state index in [1.54, 1.807) is 0 Å². The summed E-state index contributed by atoms with van der Waals surface area (Å²) in [5, 5.41) is 0. The molecule has 0 spiro atoms. The Bertz CT molecular complexity index is 360. The van der Waals surface area contributed by atoms with Gasteiger partial charge >= 0.3 is 0 Å². The molecule has 1 rings (SSSR count). The Labute approximate surface area is 99.9 Å². The third kappa shape index (κ3) is 3.46. The van der Waals surface area contributed by atoms with Crippen LogP contribution in [0.3, 0.4) is 0 Å². The lowest BCUT2D eigenvalue weighted by molar-refractivity contribution is 0.0304. The van der Waals surface area contributed by atoms with E-state index >= 15 is 0 Å². The highest BCUT2D eigenvalue weighted by atomic mass is 19.1. The van der Waals surface area contributed by atoms with E-state index in [2.05, 4.69) is 5.43 Å². The molecular formula is C12H18F2N2O. The Hall–Kier alpha value is -1.04. The molecule has 3 N–H and O–H groups in total. The summed E-state index contributed by atoms with van der Waals surface area (Å²) in [6.45, 7) is 4.24. The predicted octanol–water partition coefficient (Wildman–Crippen LogP) is 2.28. The summed E-state index contributed by atoms with van der Waals surface area (Å²) in [4.78, 5) is 0. The van der Waals surface area contributed by atoms with Gasteiger partial charge in [0, 0.05) is 12.2 Å². The number of halogens is 2. The molecule has 3 nitrogen and oxygen atoms in total. The van der Waals surface area contributed by atoms with E-state index in [0.29, 0.717) is 13.0 Å². The van der Waals surface area contributed by atoms with E-state index in [4.69, 9.17) is 10.6 Å². The highest BCUT2D eigenvalue weighted by Crippen LogP contribution is 2.24. The molecule has 0 saturated heterocycles. The van der Waals surface area contributed by atoms with Crippen LogP contribution in [0.2, 0.25) is 0 Å². The fourth-order valence-electron chi connectivity index (χ4n) is 1.81. The number of nitrogens with one attached hydrogen (secondary N) is 1. The quantitative estimate of drug-likeness (QED) is 0.596. The maximum absolute atomic E-state index is 13.6. The number of hydrogen-bond acceptors (Lipinski definition) is 3. The minimum atomic E-state index is -0.560. The number of nitrogens with two attached hydrogens (primary N) is 1. The summed E-state index contributed by atoms with van der Waals surface area (Å²) in [7, 11) is 0. The molecule has 0 bridgehead atoms. The van der Waals surface area contributed by atoms with Crippen LogP contribution in [0, 0.1) is 11.6 Å². The second-order valence-corrected chi connectivity index (χ2v) is 3.71. The Balaban J connectivity index is 3.02. The van der Waals surface area contributed by atoms with Gasteiger partial charge in [-0.05, 0) is 31.5 Å². The van der Waals surface area contributed by atoms with Crippen LogP contribution in [0.4, 0.5) is 8.78 Å². The van der Waals surface area contributed by atoms with Gasteiger partial charge in [-0.1, -0.05) is 6.92 Å². The molecule has 0 aromatic heterocycles. The lowest BCUT2D eigenvalue weighted by Crippen LogP contribution is -2.38. The van der Waals surface area contributed by atoms with Crippen molar-refractivity contribution in [2.45, 2.75) is 32.4 Å². The van der Waals surface area contributed by atoms with E-state index in [0.717, 1.165) is 18.2 Å². The van der Waals surface area contributed by atoms with Crippen molar-refractivity contribution in [1.82, 2.24) is 5.43 Å². The third-order valence-electron chi connectivity index (χ3n) is 2.63. The molecule has 5 heteroatoms. The van der Waals surface area contributed by atoms with E-state index in [1.165, 1.54) is 0 Å². The van der Waals surface area contributed by atoms with Gasteiger partial charge in [0.25, 0.3) is 0 Å². The summed E-state index contributed by atoms with van der Waals surface area (Å²) in [5.41, 5.74) is 2.68. The predicted molar refractivity (Wildman–Crippen MR) is 62.1 cm³/mol. The standard InChI is InChI=1S/C12H18F2N2O/c1-3-11(17-4-2)12(16-15)9-7-8(13)5-6-10(9)14/h5-7,11-12,16H,3-4,15H2,1-2H3. The second-order valence-electron chi connectivity index (χ2n) is 3.71. The van der Waals surface area contributed by atoms with Crippen molar-refractivity contribution in [1.29, 1.82) is 0 Å². The van der Waals surface area contributed by atoms with Gasteiger partial charge in [-0.3, -0.25) is 11.3 Å². The number of hydrogen-bond donors (Lipinski definition) is 2. The third-order valence-corrected chi connectivity index (χ3v) is 2.63. The lowest BCUT2D eigenvalue weighted by atomic mass is 9.99. The second kappa shape index (κ2) is 6.64. The first-order valence-corrected chi connectivity index (χ1v) is 5.66. The molecule has 0 fully saturated rings.